The largest absolute Gasteiger partial charge is 0.494 e. The van der Waals surface area contributed by atoms with Crippen LogP contribution in [0.5, 0.6) is 5.75 Å². The van der Waals surface area contributed by atoms with Crippen LogP contribution in [0, 0.1) is 5.92 Å². The molecule has 5 rings (SSSR count). The van der Waals surface area contributed by atoms with Crippen LogP contribution in [-0.4, -0.2) is 56.4 Å². The highest BCUT2D eigenvalue weighted by molar-refractivity contribution is 7.91. The summed E-state index contributed by atoms with van der Waals surface area (Å²) in [7, 11) is -3.81. The SMILES string of the molecule is [N-]=[N+]=Nc1ccccc1[C@@H]1OC(c2ccc(OCCCO)cc2)=N[C@]1(CCS(=O)(=O)c1ccccc1)C(=O)NNCC1CC1. The molecule has 1 fully saturated rings. The minimum Gasteiger partial charge on any atom is -0.494 e. The number of nitrogens with one attached hydrogen (secondary N) is 2. The van der Waals surface area contributed by atoms with E-state index in [0.717, 1.165) is 12.8 Å². The number of aliphatic imine (C=N–C) groups is 1. The fraction of sp³-hybridized carbons (Fsp3) is 0.355. The van der Waals surface area contributed by atoms with E-state index in [2.05, 4.69) is 20.9 Å². The predicted octanol–water partition coefficient (Wildman–Crippen LogP) is 4.54. The van der Waals surface area contributed by atoms with E-state index >= 15 is 0 Å². The highest BCUT2D eigenvalue weighted by Crippen LogP contribution is 2.45. The van der Waals surface area contributed by atoms with Crippen molar-refractivity contribution in [1.82, 2.24) is 10.9 Å². The summed E-state index contributed by atoms with van der Waals surface area (Å²) in [5.74, 6) is 0.199. The highest BCUT2D eigenvalue weighted by atomic mass is 32.2. The summed E-state index contributed by atoms with van der Waals surface area (Å²) in [5, 5.41) is 12.8. The molecule has 0 saturated heterocycles. The molecule has 2 aliphatic rings. The molecule has 2 atom stereocenters. The molecule has 0 bridgehead atoms. The number of carbonyl (C=O) groups excluding carboxylic acids is 1. The number of hydrazine groups is 1. The van der Waals surface area contributed by atoms with Crippen molar-refractivity contribution < 1.29 is 27.8 Å². The standard InChI is InChI=1S/C31H34N6O6S/c32-37-35-27-10-5-4-9-26(27)28-31(30(39)36-33-21-22-11-12-22,17-20-44(40,41)25-7-2-1-3-8-25)34-29(43-28)23-13-15-24(16-14-23)42-19-6-18-38/h1-5,7-10,13-16,22,28,33,38H,6,11-12,17-21H2,(H,36,39)/t28-,31-/m0/s1. The number of nitrogens with zero attached hydrogens (tertiary/aromatic N) is 4. The molecular weight excluding hydrogens is 584 g/mol. The first-order valence-electron chi connectivity index (χ1n) is 14.4. The number of ether oxygens (including phenoxy) is 2. The minimum absolute atomic E-state index is 0.0150. The number of hydrogen-bond donors (Lipinski definition) is 3. The van der Waals surface area contributed by atoms with Gasteiger partial charge in [-0.05, 0) is 60.7 Å². The van der Waals surface area contributed by atoms with Gasteiger partial charge >= 0.3 is 0 Å². The zero-order valence-electron chi connectivity index (χ0n) is 24.0. The van der Waals surface area contributed by atoms with Crippen molar-refractivity contribution in [1.29, 1.82) is 0 Å². The fourth-order valence-electron chi connectivity index (χ4n) is 4.94. The van der Waals surface area contributed by atoms with Gasteiger partial charge in [0.2, 0.25) is 5.90 Å². The quantitative estimate of drug-likeness (QED) is 0.0736. The first-order chi connectivity index (χ1) is 21.4. The summed E-state index contributed by atoms with van der Waals surface area (Å²) in [6.07, 6.45) is 1.28. The Morgan fingerprint density at radius 3 is 2.52 bits per heavy atom. The summed E-state index contributed by atoms with van der Waals surface area (Å²) in [6, 6.07) is 21.6. The van der Waals surface area contributed by atoms with Crippen LogP contribution in [0.4, 0.5) is 5.69 Å². The van der Waals surface area contributed by atoms with Crippen molar-refractivity contribution >= 4 is 27.3 Å². The van der Waals surface area contributed by atoms with Crippen LogP contribution in [0.1, 0.15) is 42.9 Å². The van der Waals surface area contributed by atoms with Crippen LogP contribution in [-0.2, 0) is 19.4 Å². The van der Waals surface area contributed by atoms with Crippen molar-refractivity contribution in [2.75, 3.05) is 25.5 Å². The molecule has 0 spiro atoms. The van der Waals surface area contributed by atoms with Crippen molar-refractivity contribution in [2.45, 2.75) is 42.2 Å². The van der Waals surface area contributed by atoms with Gasteiger partial charge in [-0.3, -0.25) is 10.2 Å². The van der Waals surface area contributed by atoms with Crippen molar-refractivity contribution in [3.05, 3.63) is 100 Å². The second-order valence-corrected chi connectivity index (χ2v) is 12.8. The van der Waals surface area contributed by atoms with E-state index in [-0.39, 0.29) is 29.5 Å². The Morgan fingerprint density at radius 2 is 1.82 bits per heavy atom. The molecule has 3 N–H and O–H groups in total. The lowest BCUT2D eigenvalue weighted by molar-refractivity contribution is -0.130. The molecule has 0 unspecified atom stereocenters. The number of hydrogen-bond acceptors (Lipinski definition) is 9. The molecule has 1 heterocycles. The molecule has 1 aliphatic heterocycles. The van der Waals surface area contributed by atoms with E-state index in [4.69, 9.17) is 19.6 Å². The van der Waals surface area contributed by atoms with Gasteiger partial charge in [0.05, 0.1) is 17.3 Å². The Bertz CT molecular complexity index is 1640. The third-order valence-electron chi connectivity index (χ3n) is 7.55. The van der Waals surface area contributed by atoms with Crippen molar-refractivity contribution in [3.63, 3.8) is 0 Å². The molecule has 230 valence electrons. The zero-order chi connectivity index (χ0) is 31.0. The first kappa shape index (κ1) is 31.0. The number of amides is 1. The Balaban J connectivity index is 1.56. The number of carbonyl (C=O) groups is 1. The van der Waals surface area contributed by atoms with E-state index in [0.29, 0.717) is 42.4 Å². The van der Waals surface area contributed by atoms with Gasteiger partial charge in [0.1, 0.15) is 5.75 Å². The average molecular weight is 619 g/mol. The summed E-state index contributed by atoms with van der Waals surface area (Å²) in [6.45, 7) is 0.930. The highest BCUT2D eigenvalue weighted by Gasteiger charge is 2.54. The molecular formula is C31H34N6O6S. The zero-order valence-corrected chi connectivity index (χ0v) is 24.8. The lowest BCUT2D eigenvalue weighted by Gasteiger charge is -2.31. The molecule has 0 radical (unpaired) electrons. The van der Waals surface area contributed by atoms with Crippen LogP contribution in [0.2, 0.25) is 0 Å². The normalized spacial score (nSPS) is 19.4. The maximum Gasteiger partial charge on any atom is 0.266 e. The van der Waals surface area contributed by atoms with Gasteiger partial charge in [0, 0.05) is 47.7 Å². The Labute approximate surface area is 255 Å². The lowest BCUT2D eigenvalue weighted by Crippen LogP contribution is -2.53. The molecule has 1 amide bonds. The van der Waals surface area contributed by atoms with Crippen LogP contribution >= 0.6 is 0 Å². The number of sulfone groups is 1. The van der Waals surface area contributed by atoms with Crippen molar-refractivity contribution in [3.8, 4) is 5.75 Å². The molecule has 0 aromatic heterocycles. The minimum atomic E-state index is -3.81. The van der Waals surface area contributed by atoms with Crippen molar-refractivity contribution in [2.24, 2.45) is 16.0 Å². The van der Waals surface area contributed by atoms with Crippen LogP contribution in [0.3, 0.4) is 0 Å². The molecule has 3 aromatic rings. The average Bonchev–Trinajstić information content (AvgIpc) is 3.79. The van der Waals surface area contributed by atoms with Gasteiger partial charge < -0.3 is 14.6 Å². The second-order valence-electron chi connectivity index (χ2n) is 10.7. The van der Waals surface area contributed by atoms with Crippen LogP contribution < -0.4 is 15.6 Å². The Kier molecular flexibility index (Phi) is 9.81. The molecule has 1 saturated carbocycles. The smallest absolute Gasteiger partial charge is 0.266 e. The summed E-state index contributed by atoms with van der Waals surface area (Å²) >= 11 is 0. The third kappa shape index (κ3) is 7.20. The van der Waals surface area contributed by atoms with E-state index in [1.165, 1.54) is 12.1 Å². The molecule has 13 heteroatoms. The number of azide groups is 1. The van der Waals surface area contributed by atoms with E-state index in [1.54, 1.807) is 66.7 Å². The van der Waals surface area contributed by atoms with E-state index < -0.39 is 33.1 Å². The predicted molar refractivity (Wildman–Crippen MR) is 164 cm³/mol. The molecule has 12 nitrogen and oxygen atoms in total. The van der Waals surface area contributed by atoms with Gasteiger partial charge in [-0.1, -0.05) is 47.6 Å². The maximum atomic E-state index is 14.2. The first-order valence-corrected chi connectivity index (χ1v) is 16.1. The van der Waals surface area contributed by atoms with Gasteiger partial charge in [-0.25, -0.2) is 18.8 Å². The lowest BCUT2D eigenvalue weighted by atomic mass is 9.84. The van der Waals surface area contributed by atoms with Gasteiger partial charge in [-0.2, -0.15) is 0 Å². The Morgan fingerprint density at radius 1 is 1.09 bits per heavy atom. The molecule has 1 aliphatic carbocycles. The summed E-state index contributed by atoms with van der Waals surface area (Å²) in [4.78, 5) is 22.1. The van der Waals surface area contributed by atoms with Gasteiger partial charge in [-0.15, -0.1) is 0 Å². The van der Waals surface area contributed by atoms with E-state index in [9.17, 15) is 18.7 Å². The number of rotatable bonds is 15. The van der Waals surface area contributed by atoms with Gasteiger partial charge in [0.15, 0.2) is 21.5 Å². The number of aliphatic hydroxyl groups is 1. The summed E-state index contributed by atoms with van der Waals surface area (Å²) < 4.78 is 38.9. The third-order valence-corrected chi connectivity index (χ3v) is 9.28. The summed E-state index contributed by atoms with van der Waals surface area (Å²) in [5.41, 5.74) is 14.4. The van der Waals surface area contributed by atoms with Crippen LogP contribution in [0.25, 0.3) is 10.4 Å². The number of benzene rings is 3. The van der Waals surface area contributed by atoms with E-state index in [1.807, 2.05) is 0 Å². The monoisotopic (exact) mass is 618 g/mol. The van der Waals surface area contributed by atoms with Crippen LogP contribution in [0.15, 0.2) is 93.9 Å². The Hall–Kier alpha value is -4.42. The topological polar surface area (TPSA) is 175 Å². The fourth-order valence-corrected chi connectivity index (χ4v) is 6.32. The second kappa shape index (κ2) is 13.9. The number of aliphatic hydroxyl groups excluding tert-OH is 1. The van der Waals surface area contributed by atoms with Gasteiger partial charge in [0.25, 0.3) is 5.91 Å². The molecule has 3 aromatic carbocycles. The maximum absolute atomic E-state index is 14.2. The molecule has 44 heavy (non-hydrogen) atoms.